The summed E-state index contributed by atoms with van der Waals surface area (Å²) in [6.07, 6.45) is 2.99. The van der Waals surface area contributed by atoms with Crippen molar-refractivity contribution in [2.24, 2.45) is 0 Å². The van der Waals surface area contributed by atoms with Gasteiger partial charge in [0.15, 0.2) is 11.4 Å². The van der Waals surface area contributed by atoms with Gasteiger partial charge < -0.3 is 4.74 Å². The molecule has 2 heterocycles. The minimum absolute atomic E-state index is 0.542. The highest BCUT2D eigenvalue weighted by Gasteiger charge is 2.12. The Labute approximate surface area is 132 Å². The maximum Gasteiger partial charge on any atom is 0.180 e. The van der Waals surface area contributed by atoms with Crippen LogP contribution in [-0.4, -0.2) is 9.38 Å². The molecular formula is C17H17BrN2O. The molecule has 0 amide bonds. The molecule has 4 heteroatoms. The van der Waals surface area contributed by atoms with Crippen LogP contribution >= 0.6 is 15.9 Å². The Hall–Kier alpha value is -1.81. The summed E-state index contributed by atoms with van der Waals surface area (Å²) in [5.74, 6) is 0.802. The van der Waals surface area contributed by atoms with E-state index < -0.39 is 0 Å². The molecule has 0 N–H and O–H groups in total. The summed E-state index contributed by atoms with van der Waals surface area (Å²) in [5.41, 5.74) is 4.30. The van der Waals surface area contributed by atoms with Crippen LogP contribution in [0, 0.1) is 6.92 Å². The predicted octanol–water partition coefficient (Wildman–Crippen LogP) is 4.55. The summed E-state index contributed by atoms with van der Waals surface area (Å²) in [5, 5.41) is 0. The van der Waals surface area contributed by atoms with Crippen molar-refractivity contribution in [1.29, 1.82) is 0 Å². The molecular weight excluding hydrogens is 328 g/mol. The van der Waals surface area contributed by atoms with Crippen molar-refractivity contribution in [2.45, 2.75) is 26.9 Å². The fourth-order valence-electron chi connectivity index (χ4n) is 2.51. The summed E-state index contributed by atoms with van der Waals surface area (Å²) in [7, 11) is 0. The van der Waals surface area contributed by atoms with Crippen molar-refractivity contribution in [2.75, 3.05) is 0 Å². The smallest absolute Gasteiger partial charge is 0.180 e. The predicted molar refractivity (Wildman–Crippen MR) is 87.8 cm³/mol. The van der Waals surface area contributed by atoms with Crippen molar-refractivity contribution in [3.05, 3.63) is 64.0 Å². The van der Waals surface area contributed by atoms with Gasteiger partial charge in [0, 0.05) is 16.4 Å². The minimum Gasteiger partial charge on any atom is -0.485 e. The number of halogens is 1. The molecule has 0 saturated heterocycles. The third-order valence-electron chi connectivity index (χ3n) is 3.52. The van der Waals surface area contributed by atoms with E-state index in [1.54, 1.807) is 0 Å². The minimum atomic E-state index is 0.542. The lowest BCUT2D eigenvalue weighted by Crippen LogP contribution is -1.99. The quantitative estimate of drug-likeness (QED) is 0.694. The number of rotatable bonds is 4. The molecule has 0 bridgehead atoms. The molecule has 2 aromatic heterocycles. The standard InChI is InChI=1S/C17H17BrN2O/c1-3-15-12(2)19-17-16(9-14(18)10-20(15)17)21-11-13-7-5-4-6-8-13/h4-10H,3,11H2,1-2H3. The number of hydrogen-bond acceptors (Lipinski definition) is 2. The molecule has 1 aromatic carbocycles. The van der Waals surface area contributed by atoms with Crippen LogP contribution in [0.3, 0.4) is 0 Å². The van der Waals surface area contributed by atoms with Crippen LogP contribution in [0.15, 0.2) is 47.1 Å². The van der Waals surface area contributed by atoms with Gasteiger partial charge in [-0.25, -0.2) is 4.98 Å². The topological polar surface area (TPSA) is 26.5 Å². The van der Waals surface area contributed by atoms with E-state index in [1.807, 2.05) is 37.4 Å². The van der Waals surface area contributed by atoms with Gasteiger partial charge in [0.1, 0.15) is 6.61 Å². The van der Waals surface area contributed by atoms with Crippen LogP contribution in [0.4, 0.5) is 0 Å². The van der Waals surface area contributed by atoms with Crippen molar-refractivity contribution in [3.8, 4) is 5.75 Å². The van der Waals surface area contributed by atoms with Crippen LogP contribution in [0.2, 0.25) is 0 Å². The van der Waals surface area contributed by atoms with E-state index in [9.17, 15) is 0 Å². The third kappa shape index (κ3) is 2.81. The summed E-state index contributed by atoms with van der Waals surface area (Å²) in [4.78, 5) is 4.65. The van der Waals surface area contributed by atoms with Crippen LogP contribution in [0.25, 0.3) is 5.65 Å². The summed E-state index contributed by atoms with van der Waals surface area (Å²) in [6, 6.07) is 12.1. The SMILES string of the molecule is CCc1c(C)nc2c(OCc3ccccc3)cc(Br)cn12. The lowest BCUT2D eigenvalue weighted by Gasteiger charge is -2.09. The second kappa shape index (κ2) is 5.90. The highest BCUT2D eigenvalue weighted by Crippen LogP contribution is 2.27. The summed E-state index contributed by atoms with van der Waals surface area (Å²) in [6.45, 7) is 4.73. The van der Waals surface area contributed by atoms with E-state index in [4.69, 9.17) is 4.74 Å². The van der Waals surface area contributed by atoms with Gasteiger partial charge in [-0.1, -0.05) is 37.3 Å². The third-order valence-corrected chi connectivity index (χ3v) is 3.96. The number of aromatic nitrogens is 2. The number of imidazole rings is 1. The van der Waals surface area contributed by atoms with E-state index in [0.29, 0.717) is 6.61 Å². The first kappa shape index (κ1) is 14.1. The van der Waals surface area contributed by atoms with Crippen molar-refractivity contribution >= 4 is 21.6 Å². The Morgan fingerprint density at radius 3 is 2.71 bits per heavy atom. The second-order valence-corrected chi connectivity index (χ2v) is 5.90. The molecule has 3 rings (SSSR count). The van der Waals surface area contributed by atoms with Gasteiger partial charge in [0.05, 0.1) is 5.69 Å². The average molecular weight is 345 g/mol. The zero-order chi connectivity index (χ0) is 14.8. The number of fused-ring (bicyclic) bond motifs is 1. The molecule has 108 valence electrons. The van der Waals surface area contributed by atoms with Gasteiger partial charge >= 0.3 is 0 Å². The van der Waals surface area contributed by atoms with Crippen molar-refractivity contribution in [3.63, 3.8) is 0 Å². The number of benzene rings is 1. The monoisotopic (exact) mass is 344 g/mol. The first-order valence-corrected chi connectivity index (χ1v) is 7.82. The zero-order valence-electron chi connectivity index (χ0n) is 12.1. The highest BCUT2D eigenvalue weighted by molar-refractivity contribution is 9.10. The number of ether oxygens (including phenoxy) is 1. The van der Waals surface area contributed by atoms with Gasteiger partial charge in [-0.05, 0) is 40.9 Å². The fourth-order valence-corrected chi connectivity index (χ4v) is 2.92. The Morgan fingerprint density at radius 2 is 2.00 bits per heavy atom. The van der Waals surface area contributed by atoms with E-state index in [1.165, 1.54) is 5.69 Å². The molecule has 0 radical (unpaired) electrons. The van der Waals surface area contributed by atoms with Gasteiger partial charge in [0.2, 0.25) is 0 Å². The zero-order valence-corrected chi connectivity index (χ0v) is 13.7. The van der Waals surface area contributed by atoms with Gasteiger partial charge in [-0.15, -0.1) is 0 Å². The summed E-state index contributed by atoms with van der Waals surface area (Å²) >= 11 is 3.55. The number of aryl methyl sites for hydroxylation is 2. The number of nitrogens with zero attached hydrogens (tertiary/aromatic N) is 2. The molecule has 3 aromatic rings. The molecule has 0 fully saturated rings. The molecule has 3 nitrogen and oxygen atoms in total. The Morgan fingerprint density at radius 1 is 1.24 bits per heavy atom. The molecule has 0 aliphatic carbocycles. The fraction of sp³-hybridized carbons (Fsp3) is 0.235. The van der Waals surface area contributed by atoms with Gasteiger partial charge in [-0.3, -0.25) is 4.40 Å². The van der Waals surface area contributed by atoms with Gasteiger partial charge in [0.25, 0.3) is 0 Å². The first-order valence-electron chi connectivity index (χ1n) is 7.03. The molecule has 0 saturated carbocycles. The lowest BCUT2D eigenvalue weighted by atomic mass is 10.2. The average Bonchev–Trinajstić information content (AvgIpc) is 2.81. The highest BCUT2D eigenvalue weighted by atomic mass is 79.9. The molecule has 21 heavy (non-hydrogen) atoms. The maximum atomic E-state index is 5.99. The number of pyridine rings is 1. The summed E-state index contributed by atoms with van der Waals surface area (Å²) < 4.78 is 9.09. The molecule has 0 unspecified atom stereocenters. The Balaban J connectivity index is 1.98. The first-order chi connectivity index (χ1) is 10.2. The Kier molecular flexibility index (Phi) is 3.97. The largest absolute Gasteiger partial charge is 0.485 e. The van der Waals surface area contributed by atoms with E-state index in [2.05, 4.69) is 44.4 Å². The Bertz CT molecular complexity index is 765. The normalized spacial score (nSPS) is 11.0. The van der Waals surface area contributed by atoms with Gasteiger partial charge in [-0.2, -0.15) is 0 Å². The molecule has 0 aliphatic rings. The lowest BCUT2D eigenvalue weighted by molar-refractivity contribution is 0.308. The molecule has 0 spiro atoms. The second-order valence-electron chi connectivity index (χ2n) is 4.99. The number of hydrogen-bond donors (Lipinski definition) is 0. The maximum absolute atomic E-state index is 5.99. The van der Waals surface area contributed by atoms with Crippen LogP contribution in [0.1, 0.15) is 23.9 Å². The molecule has 0 aliphatic heterocycles. The van der Waals surface area contributed by atoms with E-state index >= 15 is 0 Å². The van der Waals surface area contributed by atoms with E-state index in [0.717, 1.165) is 33.5 Å². The van der Waals surface area contributed by atoms with Crippen LogP contribution < -0.4 is 4.74 Å². The van der Waals surface area contributed by atoms with E-state index in [-0.39, 0.29) is 0 Å². The van der Waals surface area contributed by atoms with Crippen LogP contribution in [-0.2, 0) is 13.0 Å². The van der Waals surface area contributed by atoms with Crippen molar-refractivity contribution < 1.29 is 4.74 Å². The molecule has 0 atom stereocenters. The van der Waals surface area contributed by atoms with Crippen molar-refractivity contribution in [1.82, 2.24) is 9.38 Å². The van der Waals surface area contributed by atoms with Crippen LogP contribution in [0.5, 0.6) is 5.75 Å².